The van der Waals surface area contributed by atoms with E-state index in [0.717, 1.165) is 50.0 Å². The highest BCUT2D eigenvalue weighted by atomic mass is 16.5. The fourth-order valence-corrected chi connectivity index (χ4v) is 4.94. The van der Waals surface area contributed by atoms with Gasteiger partial charge in [0.05, 0.1) is 19.3 Å². The molecule has 40 heavy (non-hydrogen) atoms. The summed E-state index contributed by atoms with van der Waals surface area (Å²) in [6.45, 7) is 8.75. The molecule has 2 aromatic heterocycles. The van der Waals surface area contributed by atoms with Crippen LogP contribution in [-0.4, -0.2) is 23.0 Å². The molecule has 0 saturated carbocycles. The van der Waals surface area contributed by atoms with E-state index in [1.807, 2.05) is 54.3 Å². The molecule has 0 atom stereocenters. The third-order valence-electron chi connectivity index (χ3n) is 6.97. The number of nitrogens with zero attached hydrogens (tertiary/aromatic N) is 3. The minimum absolute atomic E-state index is 0.0520. The third-order valence-corrected chi connectivity index (χ3v) is 6.97. The van der Waals surface area contributed by atoms with Gasteiger partial charge in [0.1, 0.15) is 11.6 Å². The average Bonchev–Trinajstić information content (AvgIpc) is 2.95. The largest absolute Gasteiger partial charge is 0.496 e. The lowest BCUT2D eigenvalue weighted by Crippen LogP contribution is -2.34. The lowest BCUT2D eigenvalue weighted by molar-refractivity contribution is -0.120. The number of aryl methyl sites for hydroxylation is 1. The second kappa shape index (κ2) is 11.3. The predicted molar refractivity (Wildman–Crippen MR) is 163 cm³/mol. The summed E-state index contributed by atoms with van der Waals surface area (Å²) in [5.41, 5.74) is 6.17. The number of anilines is 1. The first kappa shape index (κ1) is 27.1. The van der Waals surface area contributed by atoms with Crippen molar-refractivity contribution in [1.29, 1.82) is 0 Å². The smallest absolute Gasteiger partial charge is 0.229 e. The van der Waals surface area contributed by atoms with Crippen molar-refractivity contribution in [1.82, 2.24) is 9.97 Å². The quantitative estimate of drug-likeness (QED) is 0.213. The van der Waals surface area contributed by atoms with Crippen molar-refractivity contribution in [2.75, 3.05) is 12.0 Å². The molecule has 0 radical (unpaired) electrons. The maximum Gasteiger partial charge on any atom is 0.229 e. The summed E-state index contributed by atoms with van der Waals surface area (Å²) >= 11 is 0. The van der Waals surface area contributed by atoms with Gasteiger partial charge < -0.3 is 4.74 Å². The van der Waals surface area contributed by atoms with Crippen LogP contribution in [0.25, 0.3) is 33.2 Å². The van der Waals surface area contributed by atoms with Crippen LogP contribution in [-0.2, 0) is 11.3 Å². The molecule has 0 aliphatic carbocycles. The molecule has 0 bridgehead atoms. The van der Waals surface area contributed by atoms with Gasteiger partial charge in [0.2, 0.25) is 5.91 Å². The van der Waals surface area contributed by atoms with Crippen LogP contribution < -0.4 is 9.64 Å². The van der Waals surface area contributed by atoms with Crippen LogP contribution in [0.2, 0.25) is 0 Å². The van der Waals surface area contributed by atoms with Crippen molar-refractivity contribution in [3.8, 4) is 28.1 Å². The topological polar surface area (TPSA) is 55.3 Å². The number of ether oxygens (including phenoxy) is 1. The van der Waals surface area contributed by atoms with Crippen LogP contribution in [0, 0.1) is 12.3 Å². The highest BCUT2D eigenvalue weighted by Gasteiger charge is 2.25. The van der Waals surface area contributed by atoms with E-state index in [-0.39, 0.29) is 11.3 Å². The van der Waals surface area contributed by atoms with Gasteiger partial charge in [-0.15, -0.1) is 0 Å². The number of carbonyl (C=O) groups is 1. The minimum Gasteiger partial charge on any atom is -0.496 e. The second-order valence-electron chi connectivity index (χ2n) is 11.4. The monoisotopic (exact) mass is 529 g/mol. The van der Waals surface area contributed by atoms with E-state index >= 15 is 0 Å². The molecule has 5 nitrogen and oxygen atoms in total. The Labute approximate surface area is 236 Å². The van der Waals surface area contributed by atoms with Gasteiger partial charge in [0.25, 0.3) is 0 Å². The standard InChI is InChI=1S/C35H35N3O2/c1-24-20-27(14-16-32(24)40-5)26-11-9-25(10-12-26)23-38(33(39)22-35(2,3)4)34-30-15-13-29(21-28(30)17-19-37-34)31-8-6-7-18-36-31/h6-21H,22-23H2,1-5H3. The van der Waals surface area contributed by atoms with E-state index in [9.17, 15) is 4.79 Å². The molecule has 0 aliphatic rings. The maximum absolute atomic E-state index is 13.7. The highest BCUT2D eigenvalue weighted by molar-refractivity contribution is 6.03. The summed E-state index contributed by atoms with van der Waals surface area (Å²) in [4.78, 5) is 24.8. The number of methoxy groups -OCH3 is 1. The zero-order valence-electron chi connectivity index (χ0n) is 23.8. The highest BCUT2D eigenvalue weighted by Crippen LogP contribution is 2.32. The van der Waals surface area contributed by atoms with Crippen molar-refractivity contribution in [3.63, 3.8) is 0 Å². The zero-order chi connectivity index (χ0) is 28.3. The Morgan fingerprint density at radius 1 is 0.825 bits per heavy atom. The van der Waals surface area contributed by atoms with E-state index in [2.05, 4.69) is 68.2 Å². The van der Waals surface area contributed by atoms with Crippen molar-refractivity contribution < 1.29 is 9.53 Å². The number of aromatic nitrogens is 2. The Morgan fingerprint density at radius 2 is 1.57 bits per heavy atom. The van der Waals surface area contributed by atoms with Crippen LogP contribution >= 0.6 is 0 Å². The lowest BCUT2D eigenvalue weighted by Gasteiger charge is -2.27. The third kappa shape index (κ3) is 6.04. The Bertz CT molecular complexity index is 1640. The number of hydrogen-bond donors (Lipinski definition) is 0. The molecular weight excluding hydrogens is 494 g/mol. The van der Waals surface area contributed by atoms with Gasteiger partial charge in [-0.25, -0.2) is 4.98 Å². The van der Waals surface area contributed by atoms with Crippen LogP contribution in [0.3, 0.4) is 0 Å². The van der Waals surface area contributed by atoms with Crippen LogP contribution in [0.4, 0.5) is 5.82 Å². The van der Waals surface area contributed by atoms with Crippen molar-refractivity contribution in [3.05, 3.63) is 108 Å². The molecule has 0 fully saturated rings. The molecule has 3 aromatic carbocycles. The Hall–Kier alpha value is -4.51. The first-order valence-corrected chi connectivity index (χ1v) is 13.6. The van der Waals surface area contributed by atoms with Crippen molar-refractivity contribution >= 4 is 22.5 Å². The first-order chi connectivity index (χ1) is 19.2. The fourth-order valence-electron chi connectivity index (χ4n) is 4.94. The molecule has 0 N–H and O–H groups in total. The Morgan fingerprint density at radius 3 is 2.25 bits per heavy atom. The molecule has 1 amide bonds. The van der Waals surface area contributed by atoms with E-state index in [1.165, 1.54) is 0 Å². The minimum atomic E-state index is -0.151. The lowest BCUT2D eigenvalue weighted by atomic mass is 9.91. The molecule has 0 spiro atoms. The molecular formula is C35H35N3O2. The summed E-state index contributed by atoms with van der Waals surface area (Å²) < 4.78 is 5.41. The van der Waals surface area contributed by atoms with E-state index in [0.29, 0.717) is 18.8 Å². The number of hydrogen-bond acceptors (Lipinski definition) is 4. The number of pyridine rings is 2. The molecule has 5 heteroatoms. The van der Waals surface area contributed by atoms with Crippen molar-refractivity contribution in [2.45, 2.75) is 40.7 Å². The number of fused-ring (bicyclic) bond motifs is 1. The van der Waals surface area contributed by atoms with Crippen LogP contribution in [0.5, 0.6) is 5.75 Å². The normalized spacial score (nSPS) is 11.4. The molecule has 5 aromatic rings. The van der Waals surface area contributed by atoms with E-state index in [1.54, 1.807) is 19.5 Å². The summed E-state index contributed by atoms with van der Waals surface area (Å²) in [6, 6.07) is 28.7. The average molecular weight is 530 g/mol. The molecule has 2 heterocycles. The van der Waals surface area contributed by atoms with Gasteiger partial charge in [-0.05, 0) is 82.4 Å². The van der Waals surface area contributed by atoms with Crippen LogP contribution in [0.15, 0.2) is 97.3 Å². The van der Waals surface area contributed by atoms with Gasteiger partial charge in [0.15, 0.2) is 0 Å². The van der Waals surface area contributed by atoms with E-state index in [4.69, 9.17) is 9.72 Å². The molecule has 5 rings (SSSR count). The Balaban J connectivity index is 1.49. The maximum atomic E-state index is 13.7. The molecule has 0 aliphatic heterocycles. The van der Waals surface area contributed by atoms with Gasteiger partial charge in [-0.3, -0.25) is 14.7 Å². The number of benzene rings is 3. The zero-order valence-corrected chi connectivity index (χ0v) is 23.8. The molecule has 0 unspecified atom stereocenters. The van der Waals surface area contributed by atoms with Crippen molar-refractivity contribution in [2.24, 2.45) is 5.41 Å². The second-order valence-corrected chi connectivity index (χ2v) is 11.4. The summed E-state index contributed by atoms with van der Waals surface area (Å²) in [5, 5.41) is 1.96. The van der Waals surface area contributed by atoms with Gasteiger partial charge in [-0.2, -0.15) is 0 Å². The summed E-state index contributed by atoms with van der Waals surface area (Å²) in [5.74, 6) is 1.61. The molecule has 0 saturated heterocycles. The van der Waals surface area contributed by atoms with Gasteiger partial charge >= 0.3 is 0 Å². The number of amides is 1. The predicted octanol–water partition coefficient (Wildman–Crippen LogP) is 8.25. The van der Waals surface area contributed by atoms with Gasteiger partial charge in [0, 0.05) is 29.8 Å². The molecule has 202 valence electrons. The first-order valence-electron chi connectivity index (χ1n) is 13.6. The van der Waals surface area contributed by atoms with E-state index < -0.39 is 0 Å². The summed E-state index contributed by atoms with van der Waals surface area (Å²) in [7, 11) is 1.69. The Kier molecular flexibility index (Phi) is 7.65. The van der Waals surface area contributed by atoms with Gasteiger partial charge in [-0.1, -0.05) is 63.2 Å². The number of rotatable bonds is 7. The summed E-state index contributed by atoms with van der Waals surface area (Å²) in [6.07, 6.45) is 4.00. The van der Waals surface area contributed by atoms with Crippen LogP contribution in [0.1, 0.15) is 38.3 Å². The fraction of sp³-hybridized carbons (Fsp3) is 0.229. The SMILES string of the molecule is COc1ccc(-c2ccc(CN(C(=O)CC(C)(C)C)c3nccc4cc(-c5ccccn5)ccc34)cc2)cc1C. The number of carbonyl (C=O) groups excluding carboxylic acids is 1.